The van der Waals surface area contributed by atoms with Gasteiger partial charge in [-0.15, -0.1) is 0 Å². The summed E-state index contributed by atoms with van der Waals surface area (Å²) in [5.41, 5.74) is 5.13. The summed E-state index contributed by atoms with van der Waals surface area (Å²) in [5.74, 6) is 0. The van der Waals surface area contributed by atoms with Gasteiger partial charge in [-0.1, -0.05) is 41.9 Å². The number of piperazine rings is 1. The highest BCUT2D eigenvalue weighted by Crippen LogP contribution is 2.30. The van der Waals surface area contributed by atoms with Crippen LogP contribution in [0.1, 0.15) is 17.5 Å². The third-order valence-corrected chi connectivity index (χ3v) is 5.76. The quantitative estimate of drug-likeness (QED) is 0.732. The molecule has 0 aromatic heterocycles. The number of carboxylic acid groups (broad SMARTS) is 1. The third kappa shape index (κ3) is 5.95. The fourth-order valence-electron chi connectivity index (χ4n) is 3.86. The molecule has 6 heteroatoms. The molecule has 5 nitrogen and oxygen atoms in total. The number of amides is 1. The van der Waals surface area contributed by atoms with Gasteiger partial charge in [0, 0.05) is 37.7 Å². The predicted molar refractivity (Wildman–Crippen MR) is 119 cm³/mol. The van der Waals surface area contributed by atoms with E-state index in [1.54, 1.807) is 0 Å². The van der Waals surface area contributed by atoms with Gasteiger partial charge in [-0.2, -0.15) is 0 Å². The standard InChI is InChI=1S/C23H30ClN3O2/c1-25(2)12-4-6-18-5-3-7-21(19-8-10-20(24)11-9-19)22(18)17-26-13-15-27(16-14-26)23(28)29/h3,5,7-11H,4,6,12-17H2,1-2H3,(H,28,29). The normalized spacial score (nSPS) is 15.1. The number of nitrogens with zero attached hydrogens (tertiary/aromatic N) is 3. The summed E-state index contributed by atoms with van der Waals surface area (Å²) in [6.45, 7) is 4.55. The van der Waals surface area contributed by atoms with E-state index in [4.69, 9.17) is 11.6 Å². The molecule has 156 valence electrons. The highest BCUT2D eigenvalue weighted by atomic mass is 35.5. The Labute approximate surface area is 178 Å². The Bertz CT molecular complexity index is 815. The first-order valence-corrected chi connectivity index (χ1v) is 10.5. The topological polar surface area (TPSA) is 47.0 Å². The Morgan fingerprint density at radius 1 is 1.07 bits per heavy atom. The molecule has 1 amide bonds. The van der Waals surface area contributed by atoms with Crippen molar-refractivity contribution in [1.82, 2.24) is 14.7 Å². The van der Waals surface area contributed by atoms with E-state index in [1.807, 2.05) is 12.1 Å². The monoisotopic (exact) mass is 415 g/mol. The minimum absolute atomic E-state index is 0.564. The fraction of sp³-hybridized carbons (Fsp3) is 0.435. The van der Waals surface area contributed by atoms with Gasteiger partial charge in [-0.25, -0.2) is 4.79 Å². The molecule has 1 aliphatic rings. The molecule has 1 heterocycles. The highest BCUT2D eigenvalue weighted by molar-refractivity contribution is 6.30. The number of rotatable bonds is 7. The minimum Gasteiger partial charge on any atom is -0.465 e. The van der Waals surface area contributed by atoms with Crippen LogP contribution in [0.3, 0.4) is 0 Å². The van der Waals surface area contributed by atoms with E-state index in [9.17, 15) is 9.90 Å². The lowest BCUT2D eigenvalue weighted by molar-refractivity contribution is 0.103. The summed E-state index contributed by atoms with van der Waals surface area (Å²) < 4.78 is 0. The minimum atomic E-state index is -0.824. The molecule has 3 rings (SSSR count). The molecule has 0 aliphatic carbocycles. The first-order chi connectivity index (χ1) is 13.9. The van der Waals surface area contributed by atoms with E-state index in [0.717, 1.165) is 44.0 Å². The lowest BCUT2D eigenvalue weighted by Crippen LogP contribution is -2.47. The van der Waals surface area contributed by atoms with Crippen LogP contribution in [0.2, 0.25) is 5.02 Å². The maximum Gasteiger partial charge on any atom is 0.407 e. The molecule has 0 radical (unpaired) electrons. The van der Waals surface area contributed by atoms with Crippen molar-refractivity contribution in [3.05, 3.63) is 58.6 Å². The van der Waals surface area contributed by atoms with Crippen molar-refractivity contribution in [2.24, 2.45) is 0 Å². The van der Waals surface area contributed by atoms with Crippen molar-refractivity contribution in [3.8, 4) is 11.1 Å². The van der Waals surface area contributed by atoms with E-state index < -0.39 is 6.09 Å². The number of carbonyl (C=O) groups is 1. The lowest BCUT2D eigenvalue weighted by atomic mass is 9.92. The fourth-order valence-corrected chi connectivity index (χ4v) is 3.99. The molecule has 2 aromatic rings. The summed E-state index contributed by atoms with van der Waals surface area (Å²) in [7, 11) is 4.21. The highest BCUT2D eigenvalue weighted by Gasteiger charge is 2.22. The molecule has 0 bridgehead atoms. The van der Waals surface area contributed by atoms with Crippen molar-refractivity contribution < 1.29 is 9.90 Å². The molecule has 29 heavy (non-hydrogen) atoms. The Balaban J connectivity index is 1.84. The number of aryl methyl sites for hydroxylation is 1. The van der Waals surface area contributed by atoms with Crippen LogP contribution in [0.5, 0.6) is 0 Å². The van der Waals surface area contributed by atoms with Gasteiger partial charge in [0.15, 0.2) is 0 Å². The average Bonchev–Trinajstić information content (AvgIpc) is 2.70. The second kappa shape index (κ2) is 10.1. The van der Waals surface area contributed by atoms with Crippen LogP contribution in [0, 0.1) is 0 Å². The lowest BCUT2D eigenvalue weighted by Gasteiger charge is -2.34. The SMILES string of the molecule is CN(C)CCCc1cccc(-c2ccc(Cl)cc2)c1CN1CCN(C(=O)O)CC1. The van der Waals surface area contributed by atoms with Crippen LogP contribution >= 0.6 is 11.6 Å². The molecular formula is C23H30ClN3O2. The first-order valence-electron chi connectivity index (χ1n) is 10.2. The van der Waals surface area contributed by atoms with Crippen molar-refractivity contribution >= 4 is 17.7 Å². The van der Waals surface area contributed by atoms with Crippen molar-refractivity contribution in [2.45, 2.75) is 19.4 Å². The maximum absolute atomic E-state index is 11.2. The third-order valence-electron chi connectivity index (χ3n) is 5.50. The van der Waals surface area contributed by atoms with E-state index >= 15 is 0 Å². The second-order valence-electron chi connectivity index (χ2n) is 7.90. The second-order valence-corrected chi connectivity index (χ2v) is 8.34. The average molecular weight is 416 g/mol. The van der Waals surface area contributed by atoms with Crippen LogP contribution in [0.4, 0.5) is 4.79 Å². The molecule has 2 aromatic carbocycles. The van der Waals surface area contributed by atoms with Crippen LogP contribution in [0.25, 0.3) is 11.1 Å². The summed E-state index contributed by atoms with van der Waals surface area (Å²) in [6, 6.07) is 14.6. The number of hydrogen-bond donors (Lipinski definition) is 1. The van der Waals surface area contributed by atoms with Crippen LogP contribution in [0.15, 0.2) is 42.5 Å². The number of benzene rings is 2. The van der Waals surface area contributed by atoms with Crippen LogP contribution < -0.4 is 0 Å². The zero-order chi connectivity index (χ0) is 20.8. The predicted octanol–water partition coefficient (Wildman–Crippen LogP) is 4.30. The van der Waals surface area contributed by atoms with Gasteiger partial charge in [0.1, 0.15) is 0 Å². The number of halogens is 1. The molecule has 1 N–H and O–H groups in total. The largest absolute Gasteiger partial charge is 0.465 e. The van der Waals surface area contributed by atoms with Crippen LogP contribution in [-0.2, 0) is 13.0 Å². The summed E-state index contributed by atoms with van der Waals surface area (Å²) in [5, 5.41) is 9.95. The molecule has 0 atom stereocenters. The van der Waals surface area contributed by atoms with Crippen LogP contribution in [-0.4, -0.2) is 72.7 Å². The van der Waals surface area contributed by atoms with E-state index in [-0.39, 0.29) is 0 Å². The van der Waals surface area contributed by atoms with Crippen molar-refractivity contribution in [1.29, 1.82) is 0 Å². The zero-order valence-corrected chi connectivity index (χ0v) is 18.0. The van der Waals surface area contributed by atoms with Crippen molar-refractivity contribution in [2.75, 3.05) is 46.8 Å². The van der Waals surface area contributed by atoms with E-state index in [0.29, 0.717) is 13.1 Å². The molecule has 1 aliphatic heterocycles. The molecule has 0 unspecified atom stereocenters. The Kier molecular flexibility index (Phi) is 7.53. The summed E-state index contributed by atoms with van der Waals surface area (Å²) >= 11 is 6.10. The molecular weight excluding hydrogens is 386 g/mol. The van der Waals surface area contributed by atoms with Gasteiger partial charge >= 0.3 is 6.09 Å². The van der Waals surface area contributed by atoms with E-state index in [1.165, 1.54) is 27.2 Å². The Morgan fingerprint density at radius 3 is 2.38 bits per heavy atom. The van der Waals surface area contributed by atoms with Gasteiger partial charge < -0.3 is 14.9 Å². The van der Waals surface area contributed by atoms with Gasteiger partial charge in [0.2, 0.25) is 0 Å². The van der Waals surface area contributed by atoms with Gasteiger partial charge in [-0.3, -0.25) is 4.90 Å². The first kappa shape index (κ1) is 21.6. The zero-order valence-electron chi connectivity index (χ0n) is 17.3. The van der Waals surface area contributed by atoms with Gasteiger partial charge in [0.25, 0.3) is 0 Å². The van der Waals surface area contributed by atoms with Crippen molar-refractivity contribution in [3.63, 3.8) is 0 Å². The molecule has 1 fully saturated rings. The Hall–Kier alpha value is -2.08. The molecule has 0 saturated carbocycles. The summed E-state index contributed by atoms with van der Waals surface area (Å²) in [4.78, 5) is 17.3. The smallest absolute Gasteiger partial charge is 0.407 e. The van der Waals surface area contributed by atoms with Gasteiger partial charge in [-0.05, 0) is 67.9 Å². The summed E-state index contributed by atoms with van der Waals surface area (Å²) in [6.07, 6.45) is 1.32. The Morgan fingerprint density at radius 2 is 1.76 bits per heavy atom. The number of hydrogen-bond acceptors (Lipinski definition) is 3. The van der Waals surface area contributed by atoms with E-state index in [2.05, 4.69) is 54.2 Å². The maximum atomic E-state index is 11.2. The molecule has 1 saturated heterocycles. The van der Waals surface area contributed by atoms with Gasteiger partial charge in [0.05, 0.1) is 0 Å². The molecule has 0 spiro atoms.